The first kappa shape index (κ1) is 9.03. The first-order valence-electron chi connectivity index (χ1n) is 4.36. The van der Waals surface area contributed by atoms with Gasteiger partial charge in [-0.15, -0.1) is 11.3 Å². The predicted molar refractivity (Wildman–Crippen MR) is 57.7 cm³/mol. The van der Waals surface area contributed by atoms with Gasteiger partial charge in [-0.3, -0.25) is 4.99 Å². The maximum Gasteiger partial charge on any atom is 0.0966 e. The molecule has 0 aliphatic carbocycles. The molecule has 0 saturated carbocycles. The van der Waals surface area contributed by atoms with Crippen molar-refractivity contribution < 1.29 is 0 Å². The van der Waals surface area contributed by atoms with Gasteiger partial charge in [0.1, 0.15) is 0 Å². The Labute approximate surface area is 86.6 Å². The van der Waals surface area contributed by atoms with Gasteiger partial charge in [-0.05, 0) is 18.6 Å². The number of amidine groups is 1. The highest BCUT2D eigenvalue weighted by molar-refractivity contribution is 7.16. The van der Waals surface area contributed by atoms with Crippen LogP contribution in [-0.2, 0) is 6.54 Å². The lowest BCUT2D eigenvalue weighted by Crippen LogP contribution is -2.19. The zero-order chi connectivity index (χ0) is 9.10. The van der Waals surface area contributed by atoms with E-state index in [0.29, 0.717) is 0 Å². The van der Waals surface area contributed by atoms with Crippen molar-refractivity contribution in [2.75, 3.05) is 6.54 Å². The van der Waals surface area contributed by atoms with Gasteiger partial charge in [0.15, 0.2) is 0 Å². The Morgan fingerprint density at radius 1 is 1.54 bits per heavy atom. The molecule has 0 fully saturated rings. The van der Waals surface area contributed by atoms with Gasteiger partial charge in [-0.2, -0.15) is 0 Å². The molecule has 1 aliphatic heterocycles. The van der Waals surface area contributed by atoms with Gasteiger partial charge in [0.05, 0.1) is 16.7 Å². The number of nitrogens with zero attached hydrogens (tertiary/aromatic N) is 1. The number of halogens is 1. The van der Waals surface area contributed by atoms with Crippen LogP contribution < -0.4 is 5.32 Å². The van der Waals surface area contributed by atoms with E-state index in [1.807, 2.05) is 6.07 Å². The molecular formula is C9H11ClN2S. The lowest BCUT2D eigenvalue weighted by Gasteiger charge is -2.02. The Kier molecular flexibility index (Phi) is 2.86. The van der Waals surface area contributed by atoms with Crippen LogP contribution in [-0.4, -0.2) is 12.4 Å². The molecule has 2 heterocycles. The summed E-state index contributed by atoms with van der Waals surface area (Å²) in [5.41, 5.74) is 0. The maximum atomic E-state index is 5.82. The van der Waals surface area contributed by atoms with Crippen molar-refractivity contribution in [2.24, 2.45) is 4.99 Å². The molecule has 2 nitrogen and oxygen atoms in total. The minimum atomic E-state index is 0.852. The summed E-state index contributed by atoms with van der Waals surface area (Å²) in [4.78, 5) is 5.60. The van der Waals surface area contributed by atoms with Gasteiger partial charge in [-0.1, -0.05) is 11.6 Å². The van der Waals surface area contributed by atoms with Crippen LogP contribution in [0, 0.1) is 0 Å². The first-order valence-corrected chi connectivity index (χ1v) is 5.55. The predicted octanol–water partition coefficient (Wildman–Crippen LogP) is 2.68. The van der Waals surface area contributed by atoms with E-state index in [0.717, 1.165) is 29.7 Å². The van der Waals surface area contributed by atoms with Gasteiger partial charge in [0.25, 0.3) is 0 Å². The summed E-state index contributed by atoms with van der Waals surface area (Å²) in [7, 11) is 0. The van der Waals surface area contributed by atoms with Crippen molar-refractivity contribution in [3.63, 3.8) is 0 Å². The molecule has 0 aromatic carbocycles. The minimum absolute atomic E-state index is 0.852. The van der Waals surface area contributed by atoms with Crippen molar-refractivity contribution >= 4 is 28.8 Å². The van der Waals surface area contributed by atoms with Gasteiger partial charge in [-0.25, -0.2) is 0 Å². The minimum Gasteiger partial charge on any atom is -0.369 e. The number of hydrogen-bond donors (Lipinski definition) is 1. The van der Waals surface area contributed by atoms with Crippen LogP contribution in [0.5, 0.6) is 0 Å². The molecule has 0 saturated heterocycles. The molecule has 0 unspecified atom stereocenters. The fourth-order valence-corrected chi connectivity index (χ4v) is 2.35. The van der Waals surface area contributed by atoms with E-state index in [-0.39, 0.29) is 0 Å². The fourth-order valence-electron chi connectivity index (χ4n) is 1.32. The van der Waals surface area contributed by atoms with E-state index >= 15 is 0 Å². The zero-order valence-electron chi connectivity index (χ0n) is 7.22. The van der Waals surface area contributed by atoms with Crippen LogP contribution >= 0.6 is 22.9 Å². The fraction of sp³-hybridized carbons (Fsp3) is 0.444. The second-order valence-electron chi connectivity index (χ2n) is 2.99. The van der Waals surface area contributed by atoms with Gasteiger partial charge >= 0.3 is 0 Å². The van der Waals surface area contributed by atoms with Crippen LogP contribution in [0.2, 0.25) is 4.34 Å². The van der Waals surface area contributed by atoms with E-state index in [1.54, 1.807) is 11.3 Å². The third-order valence-electron chi connectivity index (χ3n) is 1.97. The third-order valence-corrected chi connectivity index (χ3v) is 3.20. The van der Waals surface area contributed by atoms with E-state index in [2.05, 4.69) is 16.4 Å². The Morgan fingerprint density at radius 2 is 2.46 bits per heavy atom. The molecule has 70 valence electrons. The zero-order valence-corrected chi connectivity index (χ0v) is 8.79. The average molecular weight is 215 g/mol. The second kappa shape index (κ2) is 4.11. The van der Waals surface area contributed by atoms with Crippen LogP contribution in [0.25, 0.3) is 0 Å². The lowest BCUT2D eigenvalue weighted by molar-refractivity contribution is 0.901. The van der Waals surface area contributed by atoms with Crippen molar-refractivity contribution in [3.8, 4) is 0 Å². The van der Waals surface area contributed by atoms with Crippen molar-refractivity contribution in [1.29, 1.82) is 0 Å². The number of hydrogen-bond acceptors (Lipinski definition) is 3. The van der Waals surface area contributed by atoms with Gasteiger partial charge < -0.3 is 5.32 Å². The molecule has 1 N–H and O–H groups in total. The van der Waals surface area contributed by atoms with Gasteiger partial charge in [0, 0.05) is 17.8 Å². The van der Waals surface area contributed by atoms with E-state index < -0.39 is 0 Å². The van der Waals surface area contributed by atoms with Gasteiger partial charge in [0.2, 0.25) is 0 Å². The van der Waals surface area contributed by atoms with Crippen molar-refractivity contribution in [3.05, 3.63) is 21.3 Å². The lowest BCUT2D eigenvalue weighted by atomic mass is 10.3. The molecule has 13 heavy (non-hydrogen) atoms. The van der Waals surface area contributed by atoms with Crippen LogP contribution in [0.15, 0.2) is 17.1 Å². The van der Waals surface area contributed by atoms with E-state index in [9.17, 15) is 0 Å². The van der Waals surface area contributed by atoms with Crippen LogP contribution in [0.1, 0.15) is 17.7 Å². The highest BCUT2D eigenvalue weighted by Gasteiger charge is 2.05. The summed E-state index contributed by atoms with van der Waals surface area (Å²) in [6, 6.07) is 3.98. The summed E-state index contributed by atoms with van der Waals surface area (Å²) in [6.45, 7) is 1.84. The summed E-state index contributed by atoms with van der Waals surface area (Å²) in [6.07, 6.45) is 2.28. The van der Waals surface area contributed by atoms with Crippen molar-refractivity contribution in [2.45, 2.75) is 19.4 Å². The number of nitrogens with one attached hydrogen (secondary N) is 1. The SMILES string of the molecule is Clc1ccc(CNC2=NCCC2)s1. The van der Waals surface area contributed by atoms with E-state index in [4.69, 9.17) is 11.6 Å². The normalized spacial score (nSPS) is 15.9. The molecule has 4 heteroatoms. The molecular weight excluding hydrogens is 204 g/mol. The molecule has 0 amide bonds. The molecule has 1 aliphatic rings. The molecule has 0 bridgehead atoms. The Balaban J connectivity index is 1.85. The molecule has 0 radical (unpaired) electrons. The summed E-state index contributed by atoms with van der Waals surface area (Å²) in [5.74, 6) is 1.14. The van der Waals surface area contributed by atoms with Crippen molar-refractivity contribution in [1.82, 2.24) is 5.32 Å². The first-order chi connectivity index (χ1) is 6.34. The molecule has 2 rings (SSSR count). The molecule has 1 aromatic rings. The number of thiophene rings is 1. The Morgan fingerprint density at radius 3 is 3.08 bits per heavy atom. The quantitative estimate of drug-likeness (QED) is 0.805. The monoisotopic (exact) mass is 214 g/mol. The summed E-state index contributed by atoms with van der Waals surface area (Å²) >= 11 is 7.44. The second-order valence-corrected chi connectivity index (χ2v) is 4.79. The highest BCUT2D eigenvalue weighted by atomic mass is 35.5. The third kappa shape index (κ3) is 2.45. The number of rotatable bonds is 2. The molecule has 1 aromatic heterocycles. The molecule has 0 atom stereocenters. The van der Waals surface area contributed by atoms with Crippen LogP contribution in [0.4, 0.5) is 0 Å². The van der Waals surface area contributed by atoms with E-state index in [1.165, 1.54) is 11.3 Å². The topological polar surface area (TPSA) is 24.4 Å². The summed E-state index contributed by atoms with van der Waals surface area (Å²) in [5, 5.41) is 3.31. The standard InChI is InChI=1S/C9H11ClN2S/c10-8-4-3-7(13-8)6-12-9-2-1-5-11-9/h3-4H,1-2,5-6H2,(H,11,12). The highest BCUT2D eigenvalue weighted by Crippen LogP contribution is 2.21. The number of aliphatic imine (C=N–C) groups is 1. The Hall–Kier alpha value is -0.540. The largest absolute Gasteiger partial charge is 0.369 e. The Bertz CT molecular complexity index is 319. The summed E-state index contributed by atoms with van der Waals surface area (Å²) < 4.78 is 0.852. The smallest absolute Gasteiger partial charge is 0.0966 e. The maximum absolute atomic E-state index is 5.82. The molecule has 0 spiro atoms. The average Bonchev–Trinajstić information content (AvgIpc) is 2.71. The van der Waals surface area contributed by atoms with Crippen LogP contribution in [0.3, 0.4) is 0 Å².